The van der Waals surface area contributed by atoms with Gasteiger partial charge in [-0.2, -0.15) is 0 Å². The fraction of sp³-hybridized carbons (Fsp3) is 0. The summed E-state index contributed by atoms with van der Waals surface area (Å²) in [7, 11) is 0. The fourth-order valence-corrected chi connectivity index (χ4v) is 2.15. The Hall–Kier alpha value is -1.69. The van der Waals surface area contributed by atoms with Gasteiger partial charge in [0, 0.05) is 6.20 Å². The van der Waals surface area contributed by atoms with Gasteiger partial charge < -0.3 is 15.5 Å². The van der Waals surface area contributed by atoms with E-state index in [-0.39, 0.29) is 32.2 Å². The van der Waals surface area contributed by atoms with E-state index in [0.717, 1.165) is 0 Å². The standard InChI is InChI=1S/C12H7Cl3N2O3/c13-5-4-6(14)10(19)8(9(5)15)12(20)17-11-7(18)2-1-3-16-11/h1-4,18-19H,(H,16,17,20). The van der Waals surface area contributed by atoms with Gasteiger partial charge in [0.1, 0.15) is 11.3 Å². The highest BCUT2D eigenvalue weighted by atomic mass is 35.5. The highest BCUT2D eigenvalue weighted by Gasteiger charge is 2.22. The number of amides is 1. The summed E-state index contributed by atoms with van der Waals surface area (Å²) < 4.78 is 0. The quantitative estimate of drug-likeness (QED) is 0.732. The Bertz CT molecular complexity index is 666. The molecule has 1 heterocycles. The van der Waals surface area contributed by atoms with Crippen LogP contribution in [0.1, 0.15) is 10.4 Å². The lowest BCUT2D eigenvalue weighted by Gasteiger charge is -2.11. The average Bonchev–Trinajstić information content (AvgIpc) is 2.39. The minimum Gasteiger partial charge on any atom is -0.505 e. The molecule has 8 heteroatoms. The lowest BCUT2D eigenvalue weighted by Crippen LogP contribution is -2.14. The number of nitrogens with one attached hydrogen (secondary N) is 1. The van der Waals surface area contributed by atoms with Crippen LogP contribution in [-0.4, -0.2) is 21.1 Å². The van der Waals surface area contributed by atoms with E-state index in [9.17, 15) is 15.0 Å². The second-order valence-corrected chi connectivity index (χ2v) is 4.90. The van der Waals surface area contributed by atoms with Gasteiger partial charge in [0.2, 0.25) is 0 Å². The molecule has 0 atom stereocenters. The molecule has 5 nitrogen and oxygen atoms in total. The van der Waals surface area contributed by atoms with Crippen LogP contribution >= 0.6 is 34.8 Å². The van der Waals surface area contributed by atoms with Crippen molar-refractivity contribution in [2.45, 2.75) is 0 Å². The summed E-state index contributed by atoms with van der Waals surface area (Å²) in [6.07, 6.45) is 1.38. The third-order valence-corrected chi connectivity index (χ3v) is 3.47. The molecule has 0 unspecified atom stereocenters. The van der Waals surface area contributed by atoms with Crippen molar-refractivity contribution in [2.24, 2.45) is 0 Å². The number of phenolic OH excluding ortho intramolecular Hbond substituents is 1. The van der Waals surface area contributed by atoms with Gasteiger partial charge in [-0.1, -0.05) is 34.8 Å². The molecule has 0 fully saturated rings. The number of aromatic hydroxyl groups is 2. The molecule has 104 valence electrons. The molecule has 0 radical (unpaired) electrons. The lowest BCUT2D eigenvalue weighted by molar-refractivity contribution is 0.102. The number of anilines is 1. The van der Waals surface area contributed by atoms with E-state index < -0.39 is 11.7 Å². The maximum atomic E-state index is 12.1. The molecule has 0 bridgehead atoms. The summed E-state index contributed by atoms with van der Waals surface area (Å²) in [5.74, 6) is -1.62. The number of hydrogen-bond donors (Lipinski definition) is 3. The van der Waals surface area contributed by atoms with Gasteiger partial charge in [-0.3, -0.25) is 4.79 Å². The van der Waals surface area contributed by atoms with Crippen LogP contribution in [0.4, 0.5) is 5.82 Å². The summed E-state index contributed by atoms with van der Waals surface area (Å²) in [6.45, 7) is 0. The van der Waals surface area contributed by atoms with E-state index in [1.807, 2.05) is 0 Å². The minimum atomic E-state index is -0.800. The van der Waals surface area contributed by atoms with Crippen LogP contribution in [-0.2, 0) is 0 Å². The number of phenols is 1. The number of benzene rings is 1. The number of nitrogens with zero attached hydrogens (tertiary/aromatic N) is 1. The Labute approximate surface area is 128 Å². The van der Waals surface area contributed by atoms with E-state index in [0.29, 0.717) is 0 Å². The van der Waals surface area contributed by atoms with E-state index in [4.69, 9.17) is 34.8 Å². The monoisotopic (exact) mass is 332 g/mol. The van der Waals surface area contributed by atoms with Gasteiger partial charge >= 0.3 is 0 Å². The van der Waals surface area contributed by atoms with Gasteiger partial charge in [-0.05, 0) is 18.2 Å². The smallest absolute Gasteiger partial charge is 0.262 e. The van der Waals surface area contributed by atoms with Crippen molar-refractivity contribution in [1.29, 1.82) is 0 Å². The molecule has 2 aromatic rings. The first kappa shape index (κ1) is 14.7. The van der Waals surface area contributed by atoms with E-state index in [2.05, 4.69) is 10.3 Å². The number of rotatable bonds is 2. The van der Waals surface area contributed by atoms with Crippen LogP contribution < -0.4 is 5.32 Å². The fourth-order valence-electron chi connectivity index (χ4n) is 1.46. The summed E-state index contributed by atoms with van der Waals surface area (Å²) in [4.78, 5) is 15.9. The van der Waals surface area contributed by atoms with Crippen LogP contribution in [0.5, 0.6) is 11.5 Å². The molecule has 20 heavy (non-hydrogen) atoms. The second kappa shape index (κ2) is 5.75. The Balaban J connectivity index is 2.43. The SMILES string of the molecule is O=C(Nc1ncccc1O)c1c(O)c(Cl)cc(Cl)c1Cl. The third-order valence-electron chi connectivity index (χ3n) is 2.39. The highest BCUT2D eigenvalue weighted by Crippen LogP contribution is 2.38. The molecule has 0 spiro atoms. The van der Waals surface area contributed by atoms with Crippen molar-refractivity contribution in [3.63, 3.8) is 0 Å². The molecular formula is C12H7Cl3N2O3. The molecule has 2 rings (SSSR count). The van der Waals surface area contributed by atoms with E-state index in [1.165, 1.54) is 24.4 Å². The van der Waals surface area contributed by atoms with Crippen LogP contribution in [0.25, 0.3) is 0 Å². The summed E-state index contributed by atoms with van der Waals surface area (Å²) in [5.41, 5.74) is -0.297. The average molecular weight is 334 g/mol. The van der Waals surface area contributed by atoms with Gasteiger partial charge in [0.25, 0.3) is 5.91 Å². The summed E-state index contributed by atoms with van der Waals surface area (Å²) >= 11 is 17.4. The van der Waals surface area contributed by atoms with Gasteiger partial charge in [-0.25, -0.2) is 4.98 Å². The molecule has 0 saturated carbocycles. The Kier molecular flexibility index (Phi) is 4.23. The van der Waals surface area contributed by atoms with Crippen molar-refractivity contribution in [3.8, 4) is 11.5 Å². The van der Waals surface area contributed by atoms with E-state index in [1.54, 1.807) is 0 Å². The molecular weight excluding hydrogens is 327 g/mol. The molecule has 0 saturated heterocycles. The van der Waals surface area contributed by atoms with Crippen molar-refractivity contribution < 1.29 is 15.0 Å². The topological polar surface area (TPSA) is 82.5 Å². The normalized spacial score (nSPS) is 10.3. The molecule has 3 N–H and O–H groups in total. The van der Waals surface area contributed by atoms with Gasteiger partial charge in [0.15, 0.2) is 11.6 Å². The maximum absolute atomic E-state index is 12.1. The first-order valence-corrected chi connectivity index (χ1v) is 6.37. The molecule has 1 aromatic heterocycles. The number of aromatic nitrogens is 1. The predicted octanol–water partition coefficient (Wildman–Crippen LogP) is 3.71. The minimum absolute atomic E-state index is 0.0184. The number of halogens is 3. The number of carbonyl (C=O) groups excluding carboxylic acids is 1. The summed E-state index contributed by atoms with van der Waals surface area (Å²) in [6, 6.07) is 4.05. The first-order valence-electron chi connectivity index (χ1n) is 5.23. The third kappa shape index (κ3) is 2.75. The lowest BCUT2D eigenvalue weighted by atomic mass is 10.2. The van der Waals surface area contributed by atoms with E-state index >= 15 is 0 Å². The molecule has 0 aliphatic carbocycles. The molecule has 1 amide bonds. The largest absolute Gasteiger partial charge is 0.505 e. The number of carbonyl (C=O) groups is 1. The zero-order chi connectivity index (χ0) is 14.9. The Morgan fingerprint density at radius 3 is 2.55 bits per heavy atom. The Morgan fingerprint density at radius 1 is 1.20 bits per heavy atom. The van der Waals surface area contributed by atoms with Crippen molar-refractivity contribution >= 4 is 46.5 Å². The summed E-state index contributed by atoms with van der Waals surface area (Å²) in [5, 5.41) is 21.4. The van der Waals surface area contributed by atoms with Gasteiger partial charge in [-0.15, -0.1) is 0 Å². The second-order valence-electron chi connectivity index (χ2n) is 3.70. The van der Waals surface area contributed by atoms with Crippen LogP contribution in [0.3, 0.4) is 0 Å². The number of hydrogen-bond acceptors (Lipinski definition) is 4. The molecule has 0 aliphatic heterocycles. The molecule has 0 aliphatic rings. The molecule has 1 aromatic carbocycles. The maximum Gasteiger partial charge on any atom is 0.262 e. The van der Waals surface area contributed by atoms with Crippen LogP contribution in [0.2, 0.25) is 15.1 Å². The first-order chi connectivity index (χ1) is 9.41. The van der Waals surface area contributed by atoms with Crippen molar-refractivity contribution in [3.05, 3.63) is 45.0 Å². The zero-order valence-electron chi connectivity index (χ0n) is 9.69. The number of pyridine rings is 1. The van der Waals surface area contributed by atoms with Crippen molar-refractivity contribution in [2.75, 3.05) is 5.32 Å². The Morgan fingerprint density at radius 2 is 1.90 bits per heavy atom. The van der Waals surface area contributed by atoms with Gasteiger partial charge in [0.05, 0.1) is 15.1 Å². The predicted molar refractivity (Wildman–Crippen MR) is 77.0 cm³/mol. The van der Waals surface area contributed by atoms with Crippen LogP contribution in [0, 0.1) is 0 Å². The van der Waals surface area contributed by atoms with Crippen molar-refractivity contribution in [1.82, 2.24) is 4.98 Å². The highest BCUT2D eigenvalue weighted by molar-refractivity contribution is 6.46. The zero-order valence-corrected chi connectivity index (χ0v) is 12.0. The van der Waals surface area contributed by atoms with Crippen LogP contribution in [0.15, 0.2) is 24.4 Å².